The fourth-order valence-corrected chi connectivity index (χ4v) is 7.10. The Hall–Kier alpha value is -2.42. The molecule has 3 heterocycles. The van der Waals surface area contributed by atoms with Gasteiger partial charge in [-0.05, 0) is 70.9 Å². The second-order valence-corrected chi connectivity index (χ2v) is 12.4. The van der Waals surface area contributed by atoms with Crippen molar-refractivity contribution in [1.82, 2.24) is 24.9 Å². The maximum absolute atomic E-state index is 13.9. The quantitative estimate of drug-likeness (QED) is 0.472. The molecule has 226 valence electrons. The molecular formula is C32H48ClN5O3. The van der Waals surface area contributed by atoms with Crippen LogP contribution in [0.4, 0.5) is 0 Å². The summed E-state index contributed by atoms with van der Waals surface area (Å²) in [4.78, 5) is 31.9. The number of aliphatic hydroxyl groups excluding tert-OH is 1. The summed E-state index contributed by atoms with van der Waals surface area (Å²) >= 11 is 0. The molecule has 2 aliphatic heterocycles. The molecule has 2 atom stereocenters. The van der Waals surface area contributed by atoms with Gasteiger partial charge in [-0.15, -0.1) is 12.4 Å². The van der Waals surface area contributed by atoms with Crippen LogP contribution in [0.1, 0.15) is 87.2 Å². The minimum Gasteiger partial charge on any atom is -0.390 e. The maximum atomic E-state index is 13.9. The zero-order valence-electron chi connectivity index (χ0n) is 25.2. The number of hydrogen-bond donors (Lipinski definition) is 2. The van der Waals surface area contributed by atoms with Crippen LogP contribution < -0.4 is 5.32 Å². The van der Waals surface area contributed by atoms with Gasteiger partial charge in [0.25, 0.3) is 0 Å². The molecule has 0 unspecified atom stereocenters. The van der Waals surface area contributed by atoms with E-state index in [1.54, 1.807) is 0 Å². The lowest BCUT2D eigenvalue weighted by molar-refractivity contribution is -0.166. The van der Waals surface area contributed by atoms with Gasteiger partial charge in [-0.2, -0.15) is 5.10 Å². The normalized spacial score (nSPS) is 22.5. The lowest BCUT2D eigenvalue weighted by Gasteiger charge is -2.52. The van der Waals surface area contributed by atoms with Gasteiger partial charge in [0.2, 0.25) is 11.8 Å². The molecule has 0 bridgehead atoms. The smallest absolute Gasteiger partial charge is 0.248 e. The Morgan fingerprint density at radius 3 is 2.34 bits per heavy atom. The first-order chi connectivity index (χ1) is 19.2. The molecule has 1 aromatic carbocycles. The van der Waals surface area contributed by atoms with E-state index >= 15 is 0 Å². The fraction of sp³-hybridized carbons (Fsp3) is 0.656. The van der Waals surface area contributed by atoms with E-state index in [2.05, 4.69) is 62.2 Å². The van der Waals surface area contributed by atoms with Crippen LogP contribution in [0.3, 0.4) is 0 Å². The Morgan fingerprint density at radius 1 is 1.05 bits per heavy atom. The lowest BCUT2D eigenvalue weighted by atomic mass is 9.78. The first-order valence-corrected chi connectivity index (χ1v) is 15.4. The summed E-state index contributed by atoms with van der Waals surface area (Å²) in [6, 6.07) is 7.59. The third kappa shape index (κ3) is 6.20. The molecule has 9 heteroatoms. The van der Waals surface area contributed by atoms with Crippen molar-refractivity contribution in [3.63, 3.8) is 0 Å². The number of halogens is 1. The summed E-state index contributed by atoms with van der Waals surface area (Å²) in [5.41, 5.74) is 4.83. The zero-order valence-corrected chi connectivity index (χ0v) is 26.0. The van der Waals surface area contributed by atoms with E-state index in [1.807, 2.05) is 9.58 Å². The van der Waals surface area contributed by atoms with E-state index in [4.69, 9.17) is 5.10 Å². The zero-order chi connectivity index (χ0) is 28.4. The van der Waals surface area contributed by atoms with Crippen LogP contribution >= 0.6 is 12.4 Å². The molecule has 2 amide bonds. The monoisotopic (exact) mass is 585 g/mol. The van der Waals surface area contributed by atoms with E-state index in [0.29, 0.717) is 19.4 Å². The van der Waals surface area contributed by atoms with E-state index < -0.39 is 17.7 Å². The topological polar surface area (TPSA) is 90.7 Å². The number of nitrogens with zero attached hydrogens (tertiary/aromatic N) is 4. The number of likely N-dealkylation sites (tertiary alicyclic amines) is 1. The van der Waals surface area contributed by atoms with Crippen LogP contribution in [0.5, 0.6) is 0 Å². The average molecular weight is 586 g/mol. The van der Waals surface area contributed by atoms with Gasteiger partial charge in [0, 0.05) is 37.4 Å². The highest BCUT2D eigenvalue weighted by atomic mass is 35.5. The molecule has 8 nitrogen and oxygen atoms in total. The van der Waals surface area contributed by atoms with E-state index in [0.717, 1.165) is 75.2 Å². The summed E-state index contributed by atoms with van der Waals surface area (Å²) in [5.74, 6) is -0.0906. The highest BCUT2D eigenvalue weighted by Gasteiger charge is 2.55. The number of aromatic nitrogens is 2. The Kier molecular flexibility index (Phi) is 10.2. The summed E-state index contributed by atoms with van der Waals surface area (Å²) in [5, 5.41) is 19.1. The van der Waals surface area contributed by atoms with Crippen LogP contribution in [0.25, 0.3) is 5.69 Å². The van der Waals surface area contributed by atoms with Crippen LogP contribution in [0, 0.1) is 26.7 Å². The number of piperidine rings is 1. The van der Waals surface area contributed by atoms with Gasteiger partial charge in [-0.1, -0.05) is 50.3 Å². The number of benzene rings is 1. The molecule has 2 saturated heterocycles. The number of aryl methyl sites for hydroxylation is 2. The van der Waals surface area contributed by atoms with Gasteiger partial charge in [0.15, 0.2) is 0 Å². The molecular weight excluding hydrogens is 538 g/mol. The maximum Gasteiger partial charge on any atom is 0.248 e. The van der Waals surface area contributed by atoms with Crippen molar-refractivity contribution < 1.29 is 14.7 Å². The first kappa shape index (κ1) is 31.5. The molecule has 1 aromatic heterocycles. The van der Waals surface area contributed by atoms with Gasteiger partial charge in [-0.3, -0.25) is 14.5 Å². The largest absolute Gasteiger partial charge is 0.390 e. The second kappa shape index (κ2) is 13.3. The highest BCUT2D eigenvalue weighted by molar-refractivity contribution is 6.00. The van der Waals surface area contributed by atoms with Crippen LogP contribution in [-0.4, -0.2) is 73.8 Å². The van der Waals surface area contributed by atoms with Crippen LogP contribution in [0.2, 0.25) is 0 Å². The number of nitrogens with one attached hydrogen (secondary N) is 1. The summed E-state index contributed by atoms with van der Waals surface area (Å²) in [7, 11) is 0. The summed E-state index contributed by atoms with van der Waals surface area (Å²) in [6.07, 6.45) is 7.40. The minimum absolute atomic E-state index is 0. The van der Waals surface area contributed by atoms with Crippen molar-refractivity contribution in [3.05, 3.63) is 46.8 Å². The first-order valence-electron chi connectivity index (χ1n) is 15.4. The van der Waals surface area contributed by atoms with Gasteiger partial charge in [0.1, 0.15) is 11.6 Å². The number of carbonyl (C=O) groups excluding carboxylic acids is 2. The van der Waals surface area contributed by atoms with Crippen molar-refractivity contribution >= 4 is 24.2 Å². The number of unbranched alkanes of at least 4 members (excludes halogenated alkanes) is 1. The summed E-state index contributed by atoms with van der Waals surface area (Å²) < 4.78 is 2.02. The number of rotatable bonds is 8. The Balaban J connectivity index is 0.00000387. The van der Waals surface area contributed by atoms with Crippen molar-refractivity contribution in [1.29, 1.82) is 0 Å². The molecule has 3 aliphatic rings. The molecule has 1 aliphatic carbocycles. The molecule has 3 fully saturated rings. The van der Waals surface area contributed by atoms with E-state index in [1.165, 1.54) is 17.5 Å². The Bertz CT molecular complexity index is 1200. The fourth-order valence-electron chi connectivity index (χ4n) is 7.10. The standard InChI is InChI=1S/C32H47N5O3.ClH/c1-5-6-18-36-30(39)28(29(38)25-10-8-7-9-11-25)33-31(40)32(36)16-19-35(20-17-32)21-27-23(3)34-37(24(27)4)26-14-12-22(2)13-15-26;/h12-15,25,28-29,38H,5-11,16-21H2,1-4H3,(H,33,40);1H/t28-,29-;/m1./s1. The molecule has 1 saturated carbocycles. The van der Waals surface area contributed by atoms with Gasteiger partial charge < -0.3 is 15.3 Å². The molecule has 2 aromatic rings. The lowest BCUT2D eigenvalue weighted by Crippen LogP contribution is -2.75. The second-order valence-electron chi connectivity index (χ2n) is 12.4. The Labute approximate surface area is 251 Å². The average Bonchev–Trinajstić information content (AvgIpc) is 3.25. The third-order valence-corrected chi connectivity index (χ3v) is 9.75. The van der Waals surface area contributed by atoms with Gasteiger partial charge in [0.05, 0.1) is 17.5 Å². The number of carbonyl (C=O) groups is 2. The van der Waals surface area contributed by atoms with Crippen molar-refractivity contribution in [2.24, 2.45) is 5.92 Å². The van der Waals surface area contributed by atoms with Gasteiger partial charge in [-0.25, -0.2) is 4.68 Å². The Morgan fingerprint density at radius 2 is 1.71 bits per heavy atom. The summed E-state index contributed by atoms with van der Waals surface area (Å²) in [6.45, 7) is 11.2. The molecule has 1 spiro atoms. The highest BCUT2D eigenvalue weighted by Crippen LogP contribution is 2.37. The predicted octanol–water partition coefficient (Wildman–Crippen LogP) is 4.62. The molecule has 2 N–H and O–H groups in total. The predicted molar refractivity (Wildman–Crippen MR) is 163 cm³/mol. The molecule has 0 radical (unpaired) electrons. The van der Waals surface area contributed by atoms with E-state index in [9.17, 15) is 14.7 Å². The van der Waals surface area contributed by atoms with Crippen molar-refractivity contribution in [2.45, 2.75) is 110 Å². The van der Waals surface area contributed by atoms with Crippen molar-refractivity contribution in [2.75, 3.05) is 19.6 Å². The van der Waals surface area contributed by atoms with Crippen LogP contribution in [0.15, 0.2) is 24.3 Å². The number of piperazine rings is 1. The SMILES string of the molecule is CCCCN1C(=O)[C@@H]([C@H](O)C2CCCCC2)NC(=O)C12CCN(Cc1c(C)nn(-c3ccc(C)cc3)c1C)CC2.Cl. The van der Waals surface area contributed by atoms with E-state index in [-0.39, 0.29) is 30.1 Å². The molecule has 5 rings (SSSR count). The minimum atomic E-state index is -0.832. The molecule has 41 heavy (non-hydrogen) atoms. The van der Waals surface area contributed by atoms with Crippen LogP contribution in [-0.2, 0) is 16.1 Å². The number of hydrogen-bond acceptors (Lipinski definition) is 5. The van der Waals surface area contributed by atoms with Crippen molar-refractivity contribution in [3.8, 4) is 5.69 Å². The number of amides is 2. The number of aliphatic hydroxyl groups is 1. The third-order valence-electron chi connectivity index (χ3n) is 9.75. The van der Waals surface area contributed by atoms with Gasteiger partial charge >= 0.3 is 0 Å².